The predicted molar refractivity (Wildman–Crippen MR) is 121 cm³/mol. The lowest BCUT2D eigenvalue weighted by Crippen LogP contribution is -2.27. The minimum atomic E-state index is 0.0109. The zero-order valence-corrected chi connectivity index (χ0v) is 18.4. The van der Waals surface area contributed by atoms with Crippen molar-refractivity contribution in [3.63, 3.8) is 0 Å². The Bertz CT molecular complexity index is 808. The summed E-state index contributed by atoms with van der Waals surface area (Å²) in [6, 6.07) is 12.2. The molecule has 0 saturated carbocycles. The normalized spacial score (nSPS) is 10.7. The van der Waals surface area contributed by atoms with E-state index in [-0.39, 0.29) is 5.91 Å². The van der Waals surface area contributed by atoms with E-state index in [0.29, 0.717) is 44.2 Å². The molecule has 0 bridgehead atoms. The van der Waals surface area contributed by atoms with Crippen LogP contribution in [-0.2, 0) is 17.6 Å². The van der Waals surface area contributed by atoms with Gasteiger partial charge >= 0.3 is 0 Å². The number of rotatable bonds is 13. The molecule has 0 aliphatic heterocycles. The lowest BCUT2D eigenvalue weighted by molar-refractivity contribution is -0.120. The summed E-state index contributed by atoms with van der Waals surface area (Å²) in [7, 11) is 1.60. The van der Waals surface area contributed by atoms with E-state index in [1.807, 2.05) is 18.2 Å². The Balaban J connectivity index is 1.75. The van der Waals surface area contributed by atoms with Crippen molar-refractivity contribution in [2.24, 2.45) is 5.73 Å². The quantitative estimate of drug-likeness (QED) is 0.440. The molecule has 0 spiro atoms. The van der Waals surface area contributed by atoms with Gasteiger partial charge in [0.25, 0.3) is 0 Å². The van der Waals surface area contributed by atoms with Gasteiger partial charge in [0.2, 0.25) is 5.91 Å². The third-order valence-corrected chi connectivity index (χ3v) is 4.99. The van der Waals surface area contributed by atoms with Crippen LogP contribution in [-0.4, -0.2) is 45.8 Å². The van der Waals surface area contributed by atoms with Crippen LogP contribution in [0.2, 0.25) is 0 Å². The van der Waals surface area contributed by atoms with Gasteiger partial charge in [0, 0.05) is 26.2 Å². The average molecular weight is 414 g/mol. The summed E-state index contributed by atoms with van der Waals surface area (Å²) < 4.78 is 11.2. The van der Waals surface area contributed by atoms with Gasteiger partial charge in [0.05, 0.1) is 13.5 Å². The molecule has 2 aromatic rings. The summed E-state index contributed by atoms with van der Waals surface area (Å²) in [6.45, 7) is 7.52. The highest BCUT2D eigenvalue weighted by atomic mass is 16.5. The summed E-state index contributed by atoms with van der Waals surface area (Å²) >= 11 is 0. The molecule has 4 N–H and O–H groups in total. The number of ether oxygens (including phenoxy) is 2. The summed E-state index contributed by atoms with van der Waals surface area (Å²) in [5.41, 5.74) is 10.3. The predicted octanol–water partition coefficient (Wildman–Crippen LogP) is 2.53. The average Bonchev–Trinajstić information content (AvgIpc) is 2.74. The van der Waals surface area contributed by atoms with Crippen molar-refractivity contribution in [3.05, 3.63) is 58.7 Å². The van der Waals surface area contributed by atoms with Gasteiger partial charge in [-0.1, -0.05) is 24.3 Å². The van der Waals surface area contributed by atoms with E-state index in [2.05, 4.69) is 42.7 Å². The highest BCUT2D eigenvalue weighted by molar-refractivity contribution is 5.78. The van der Waals surface area contributed by atoms with Gasteiger partial charge in [-0.25, -0.2) is 0 Å². The molecule has 6 heteroatoms. The van der Waals surface area contributed by atoms with Crippen molar-refractivity contribution >= 4 is 5.91 Å². The molecule has 30 heavy (non-hydrogen) atoms. The second-order valence-electron chi connectivity index (χ2n) is 7.42. The molecule has 2 aromatic carbocycles. The van der Waals surface area contributed by atoms with E-state index in [4.69, 9.17) is 15.2 Å². The van der Waals surface area contributed by atoms with Crippen molar-refractivity contribution in [1.29, 1.82) is 0 Å². The first kappa shape index (κ1) is 23.7. The van der Waals surface area contributed by atoms with Crippen molar-refractivity contribution in [3.8, 4) is 11.5 Å². The van der Waals surface area contributed by atoms with E-state index in [1.54, 1.807) is 7.11 Å². The van der Waals surface area contributed by atoms with Crippen LogP contribution in [0.25, 0.3) is 0 Å². The number of hydrogen-bond acceptors (Lipinski definition) is 5. The number of aryl methyl sites for hydroxylation is 3. The second kappa shape index (κ2) is 12.9. The molecular formula is C24H35N3O3. The van der Waals surface area contributed by atoms with Crippen LogP contribution >= 0.6 is 0 Å². The number of methoxy groups -OCH3 is 1. The molecule has 0 aromatic heterocycles. The summed E-state index contributed by atoms with van der Waals surface area (Å²) in [4.78, 5) is 12.3. The minimum Gasteiger partial charge on any atom is -0.493 e. The highest BCUT2D eigenvalue weighted by Gasteiger charge is 2.09. The Morgan fingerprint density at radius 1 is 0.967 bits per heavy atom. The number of nitrogens with two attached hydrogens (primary N) is 1. The lowest BCUT2D eigenvalue weighted by atomic mass is 10.0. The van der Waals surface area contributed by atoms with Gasteiger partial charge < -0.3 is 25.8 Å². The molecule has 0 atom stereocenters. The standard InChI is InChI=1S/C24H35N3O3/c1-18-6-7-20(15-19(18)2)5-4-11-27-24(28)17-21-8-9-22(23(16-21)29-3)30-14-13-26-12-10-25/h6-9,15-16,26H,4-5,10-14,17,25H2,1-3H3,(H,27,28). The Labute approximate surface area is 180 Å². The van der Waals surface area contributed by atoms with E-state index in [1.165, 1.54) is 16.7 Å². The Morgan fingerprint density at radius 2 is 1.77 bits per heavy atom. The van der Waals surface area contributed by atoms with E-state index < -0.39 is 0 Å². The van der Waals surface area contributed by atoms with E-state index >= 15 is 0 Å². The Kier molecular flexibility index (Phi) is 10.2. The molecular weight excluding hydrogens is 378 g/mol. The van der Waals surface area contributed by atoms with Crippen LogP contribution in [0.15, 0.2) is 36.4 Å². The fourth-order valence-corrected chi connectivity index (χ4v) is 3.13. The largest absolute Gasteiger partial charge is 0.493 e. The van der Waals surface area contributed by atoms with Crippen LogP contribution in [0.4, 0.5) is 0 Å². The van der Waals surface area contributed by atoms with Crippen molar-refractivity contribution < 1.29 is 14.3 Å². The fourth-order valence-electron chi connectivity index (χ4n) is 3.13. The first-order valence-corrected chi connectivity index (χ1v) is 10.6. The number of amides is 1. The maximum absolute atomic E-state index is 12.3. The fraction of sp³-hybridized carbons (Fsp3) is 0.458. The number of carbonyl (C=O) groups excluding carboxylic acids is 1. The van der Waals surface area contributed by atoms with Gasteiger partial charge in [-0.05, 0) is 61.1 Å². The molecule has 0 unspecified atom stereocenters. The maximum Gasteiger partial charge on any atom is 0.224 e. The molecule has 2 rings (SSSR count). The Morgan fingerprint density at radius 3 is 2.50 bits per heavy atom. The molecule has 0 radical (unpaired) electrons. The van der Waals surface area contributed by atoms with Crippen LogP contribution in [0.5, 0.6) is 11.5 Å². The molecule has 164 valence electrons. The van der Waals surface area contributed by atoms with E-state index in [9.17, 15) is 4.79 Å². The molecule has 0 aliphatic carbocycles. The smallest absolute Gasteiger partial charge is 0.224 e. The first-order valence-electron chi connectivity index (χ1n) is 10.6. The minimum absolute atomic E-state index is 0.0109. The van der Waals surface area contributed by atoms with Crippen LogP contribution in [0, 0.1) is 13.8 Å². The summed E-state index contributed by atoms with van der Waals surface area (Å²) in [5, 5.41) is 6.18. The molecule has 1 amide bonds. The third kappa shape index (κ3) is 8.05. The number of carbonyl (C=O) groups is 1. The van der Waals surface area contributed by atoms with Crippen LogP contribution < -0.4 is 25.8 Å². The monoisotopic (exact) mass is 413 g/mol. The number of hydrogen-bond donors (Lipinski definition) is 3. The van der Waals surface area contributed by atoms with Gasteiger partial charge in [-0.2, -0.15) is 0 Å². The molecule has 0 heterocycles. The molecule has 0 aliphatic rings. The SMILES string of the molecule is COc1cc(CC(=O)NCCCc2ccc(C)c(C)c2)ccc1OCCNCCN. The number of benzene rings is 2. The van der Waals surface area contributed by atoms with Crippen molar-refractivity contribution in [2.75, 3.05) is 39.9 Å². The Hall–Kier alpha value is -2.57. The van der Waals surface area contributed by atoms with Crippen LogP contribution in [0.3, 0.4) is 0 Å². The van der Waals surface area contributed by atoms with Gasteiger partial charge in [-0.15, -0.1) is 0 Å². The van der Waals surface area contributed by atoms with Crippen molar-refractivity contribution in [1.82, 2.24) is 10.6 Å². The lowest BCUT2D eigenvalue weighted by Gasteiger charge is -2.13. The molecule has 0 saturated heterocycles. The summed E-state index contributed by atoms with van der Waals surface area (Å²) in [6.07, 6.45) is 2.20. The highest BCUT2D eigenvalue weighted by Crippen LogP contribution is 2.28. The topological polar surface area (TPSA) is 85.6 Å². The third-order valence-electron chi connectivity index (χ3n) is 4.99. The molecule has 6 nitrogen and oxygen atoms in total. The van der Waals surface area contributed by atoms with Gasteiger partial charge in [-0.3, -0.25) is 4.79 Å². The second-order valence-corrected chi connectivity index (χ2v) is 7.42. The maximum atomic E-state index is 12.3. The zero-order chi connectivity index (χ0) is 21.8. The summed E-state index contributed by atoms with van der Waals surface area (Å²) in [5.74, 6) is 1.32. The van der Waals surface area contributed by atoms with Gasteiger partial charge in [0.15, 0.2) is 11.5 Å². The van der Waals surface area contributed by atoms with Crippen LogP contribution in [0.1, 0.15) is 28.7 Å². The number of nitrogens with one attached hydrogen (secondary N) is 2. The van der Waals surface area contributed by atoms with Crippen molar-refractivity contribution in [2.45, 2.75) is 33.1 Å². The molecule has 0 fully saturated rings. The zero-order valence-electron chi connectivity index (χ0n) is 18.4. The van der Waals surface area contributed by atoms with Gasteiger partial charge in [0.1, 0.15) is 6.61 Å². The first-order chi connectivity index (χ1) is 14.5. The van der Waals surface area contributed by atoms with E-state index in [0.717, 1.165) is 24.9 Å².